The van der Waals surface area contributed by atoms with Crippen molar-refractivity contribution in [1.82, 2.24) is 0 Å². The summed E-state index contributed by atoms with van der Waals surface area (Å²) < 4.78 is 0. The quantitative estimate of drug-likeness (QED) is 0.228. The lowest BCUT2D eigenvalue weighted by Gasteiger charge is -2.27. The number of benzene rings is 3. The highest BCUT2D eigenvalue weighted by atomic mass is 35.5. The third-order valence-corrected chi connectivity index (χ3v) is 6.99. The van der Waals surface area contributed by atoms with Crippen LogP contribution < -0.4 is 4.90 Å². The fourth-order valence-electron chi connectivity index (χ4n) is 3.50. The molecule has 6 nitrogen and oxygen atoms in total. The molecule has 10 heteroatoms. The van der Waals surface area contributed by atoms with Gasteiger partial charge in [0, 0.05) is 26.7 Å². The van der Waals surface area contributed by atoms with Gasteiger partial charge >= 0.3 is 0 Å². The maximum atomic E-state index is 13.1. The molecule has 1 saturated heterocycles. The van der Waals surface area contributed by atoms with E-state index in [1.165, 1.54) is 17.0 Å². The second-order valence-electron chi connectivity index (χ2n) is 6.92. The second-order valence-corrected chi connectivity index (χ2v) is 9.42. The third kappa shape index (κ3) is 4.34. The molecule has 2 unspecified atom stereocenters. The zero-order valence-corrected chi connectivity index (χ0v) is 19.2. The van der Waals surface area contributed by atoms with Gasteiger partial charge in [-0.15, -0.1) is 11.8 Å². The van der Waals surface area contributed by atoms with Gasteiger partial charge in [0.2, 0.25) is 5.78 Å². The minimum atomic E-state index is -0.858. The van der Waals surface area contributed by atoms with Crippen molar-refractivity contribution in [2.24, 2.45) is 0 Å². The van der Waals surface area contributed by atoms with Crippen LogP contribution in [0.1, 0.15) is 11.6 Å². The van der Waals surface area contributed by atoms with Crippen LogP contribution >= 0.6 is 46.6 Å². The summed E-state index contributed by atoms with van der Waals surface area (Å²) in [6.07, 6.45) is 0. The lowest BCUT2D eigenvalue weighted by Crippen LogP contribution is -2.29. The number of rotatable bonds is 5. The first-order chi connectivity index (χ1) is 15.3. The number of anilines is 1. The molecule has 1 aliphatic heterocycles. The van der Waals surface area contributed by atoms with E-state index in [2.05, 4.69) is 0 Å². The lowest BCUT2D eigenvalue weighted by atomic mass is 10.0. The van der Waals surface area contributed by atoms with Crippen LogP contribution in [-0.2, 0) is 9.59 Å². The molecule has 1 heterocycles. The number of thioether (sulfide) groups is 1. The summed E-state index contributed by atoms with van der Waals surface area (Å²) in [6.45, 7) is 0. The number of halogens is 3. The Morgan fingerprint density at radius 1 is 0.906 bits per heavy atom. The van der Waals surface area contributed by atoms with Gasteiger partial charge in [-0.2, -0.15) is 0 Å². The number of hydrogen-bond donors (Lipinski definition) is 0. The van der Waals surface area contributed by atoms with Crippen molar-refractivity contribution in [3.8, 4) is 0 Å². The van der Waals surface area contributed by atoms with E-state index >= 15 is 0 Å². The van der Waals surface area contributed by atoms with Crippen LogP contribution in [0, 0.1) is 10.1 Å². The fraction of sp³-hybridized carbons (Fsp3) is 0.0909. The maximum Gasteiger partial charge on any atom is 0.296 e. The van der Waals surface area contributed by atoms with E-state index in [0.717, 1.165) is 11.8 Å². The van der Waals surface area contributed by atoms with Crippen LogP contribution in [0.4, 0.5) is 11.4 Å². The van der Waals surface area contributed by atoms with Crippen LogP contribution in [0.3, 0.4) is 0 Å². The molecule has 1 amide bonds. The van der Waals surface area contributed by atoms with Gasteiger partial charge in [-0.25, -0.2) is 0 Å². The molecule has 162 valence electrons. The molecule has 0 N–H and O–H groups in total. The Morgan fingerprint density at radius 3 is 2.28 bits per heavy atom. The van der Waals surface area contributed by atoms with Crippen molar-refractivity contribution in [3.63, 3.8) is 0 Å². The highest BCUT2D eigenvalue weighted by Gasteiger charge is 2.49. The van der Waals surface area contributed by atoms with Crippen LogP contribution in [0.15, 0.2) is 71.6 Å². The minimum Gasteiger partial charge on any atom is -0.297 e. The van der Waals surface area contributed by atoms with E-state index in [0.29, 0.717) is 26.2 Å². The molecular weight excluding hydrogens is 495 g/mol. The summed E-state index contributed by atoms with van der Waals surface area (Å²) in [4.78, 5) is 38.7. The molecule has 0 aliphatic carbocycles. The standard InChI is InChI=1S/C22H13Cl3N2O4S/c23-13-6-4-12(5-7-13)19-21(32-16-8-9-17(25)18(11-16)27(30)31)20(28)22(29)26(19)15-3-1-2-14(24)10-15/h1-11,19,21H. The van der Waals surface area contributed by atoms with E-state index in [1.54, 1.807) is 54.6 Å². The molecule has 0 bridgehead atoms. The molecule has 3 aromatic rings. The van der Waals surface area contributed by atoms with Crippen molar-refractivity contribution >= 4 is 69.6 Å². The lowest BCUT2D eigenvalue weighted by molar-refractivity contribution is -0.384. The average Bonchev–Trinajstić information content (AvgIpc) is 3.00. The Morgan fingerprint density at radius 2 is 1.62 bits per heavy atom. The highest BCUT2D eigenvalue weighted by Crippen LogP contribution is 2.45. The Balaban J connectivity index is 1.80. The average molecular weight is 508 g/mol. The van der Waals surface area contributed by atoms with E-state index in [1.807, 2.05) is 0 Å². The smallest absolute Gasteiger partial charge is 0.296 e. The summed E-state index contributed by atoms with van der Waals surface area (Å²) in [5.74, 6) is -1.30. The van der Waals surface area contributed by atoms with E-state index < -0.39 is 27.9 Å². The topological polar surface area (TPSA) is 80.5 Å². The molecule has 0 spiro atoms. The molecule has 3 aromatic carbocycles. The molecular formula is C22H13Cl3N2O4S. The van der Waals surface area contributed by atoms with Crippen LogP contribution in [0.2, 0.25) is 15.1 Å². The number of nitrogens with zero attached hydrogens (tertiary/aromatic N) is 2. The Kier molecular flexibility index (Phi) is 6.44. The number of Topliss-reactive ketones (excluding diaryl/α,β-unsaturated/α-hetero) is 1. The largest absolute Gasteiger partial charge is 0.297 e. The van der Waals surface area contributed by atoms with Gasteiger partial charge < -0.3 is 0 Å². The summed E-state index contributed by atoms with van der Waals surface area (Å²) in [7, 11) is 0. The first-order valence-electron chi connectivity index (χ1n) is 9.25. The first-order valence-corrected chi connectivity index (χ1v) is 11.3. The molecule has 0 aromatic heterocycles. The summed E-state index contributed by atoms with van der Waals surface area (Å²) in [6, 6.07) is 17.1. The van der Waals surface area contributed by atoms with Gasteiger partial charge in [-0.1, -0.05) is 53.0 Å². The molecule has 1 fully saturated rings. The number of ketones is 1. The summed E-state index contributed by atoms with van der Waals surface area (Å²) in [5, 5.41) is 11.3. The molecule has 1 aliphatic rings. The SMILES string of the molecule is O=C1C(=O)N(c2cccc(Cl)c2)C(c2ccc(Cl)cc2)C1Sc1ccc(Cl)c([N+](=O)[O-])c1. The molecule has 2 atom stereocenters. The van der Waals surface area contributed by atoms with Gasteiger partial charge in [0.15, 0.2) is 0 Å². The predicted molar refractivity (Wildman–Crippen MR) is 126 cm³/mol. The van der Waals surface area contributed by atoms with E-state index in [9.17, 15) is 19.7 Å². The Bertz CT molecular complexity index is 1240. The normalized spacial score (nSPS) is 18.3. The summed E-state index contributed by atoms with van der Waals surface area (Å²) >= 11 is 19.1. The minimum absolute atomic E-state index is 0.0111. The first kappa shape index (κ1) is 22.6. The van der Waals surface area contributed by atoms with Crippen LogP contribution in [-0.4, -0.2) is 21.9 Å². The third-order valence-electron chi connectivity index (χ3n) is 4.93. The predicted octanol–water partition coefficient (Wildman–Crippen LogP) is 6.37. The Hall–Kier alpha value is -2.58. The van der Waals surface area contributed by atoms with Crippen LogP contribution in [0.5, 0.6) is 0 Å². The molecule has 32 heavy (non-hydrogen) atoms. The van der Waals surface area contributed by atoms with Gasteiger partial charge in [0.05, 0.1) is 11.0 Å². The fourth-order valence-corrected chi connectivity index (χ4v) is 5.24. The van der Waals surface area contributed by atoms with Gasteiger partial charge in [-0.05, 0) is 48.0 Å². The second kappa shape index (κ2) is 9.11. The maximum absolute atomic E-state index is 13.1. The molecule has 4 rings (SSSR count). The summed E-state index contributed by atoms with van der Waals surface area (Å²) in [5.41, 5.74) is 0.888. The van der Waals surface area contributed by atoms with Gasteiger partial charge in [0.25, 0.3) is 11.6 Å². The zero-order valence-electron chi connectivity index (χ0n) is 16.1. The van der Waals surface area contributed by atoms with Crippen molar-refractivity contribution in [2.75, 3.05) is 4.90 Å². The van der Waals surface area contributed by atoms with Crippen molar-refractivity contribution in [1.29, 1.82) is 0 Å². The van der Waals surface area contributed by atoms with Gasteiger partial charge in [0.1, 0.15) is 10.3 Å². The van der Waals surface area contributed by atoms with E-state index in [-0.39, 0.29) is 10.7 Å². The number of hydrogen-bond acceptors (Lipinski definition) is 5. The van der Waals surface area contributed by atoms with Crippen molar-refractivity contribution < 1.29 is 14.5 Å². The number of carbonyl (C=O) groups is 2. The van der Waals surface area contributed by atoms with Gasteiger partial charge in [-0.3, -0.25) is 24.6 Å². The number of amides is 1. The zero-order chi connectivity index (χ0) is 23.0. The van der Waals surface area contributed by atoms with E-state index in [4.69, 9.17) is 34.8 Å². The number of nitro benzene ring substituents is 1. The Labute approximate surface area is 202 Å². The molecule has 0 radical (unpaired) electrons. The van der Waals surface area contributed by atoms with Crippen molar-refractivity contribution in [3.05, 3.63) is 97.5 Å². The van der Waals surface area contributed by atoms with Crippen molar-refractivity contribution in [2.45, 2.75) is 16.2 Å². The molecule has 0 saturated carbocycles. The highest BCUT2D eigenvalue weighted by molar-refractivity contribution is 8.00. The number of carbonyl (C=O) groups excluding carboxylic acids is 2. The monoisotopic (exact) mass is 506 g/mol. The van der Waals surface area contributed by atoms with Crippen LogP contribution in [0.25, 0.3) is 0 Å². The number of nitro groups is 1.